The molecule has 0 saturated heterocycles. The minimum Gasteiger partial charge on any atom is -0.352 e. The number of nitrogens with zero attached hydrogens (tertiary/aromatic N) is 1. The Hall–Kier alpha value is -1.04. The molecule has 1 aliphatic rings. The normalized spacial score (nSPS) is 23.7. The van der Waals surface area contributed by atoms with Gasteiger partial charge >= 0.3 is 0 Å². The summed E-state index contributed by atoms with van der Waals surface area (Å²) >= 11 is 0. The molecule has 2 unspecified atom stereocenters. The Balaban J connectivity index is 2.67. The van der Waals surface area contributed by atoms with Crippen molar-refractivity contribution >= 4 is 5.91 Å². The van der Waals surface area contributed by atoms with Crippen molar-refractivity contribution in [1.29, 1.82) is 5.26 Å². The molecular formula is C15H26N2O. The summed E-state index contributed by atoms with van der Waals surface area (Å²) in [5.41, 5.74) is -0.796. The maximum atomic E-state index is 12.4. The van der Waals surface area contributed by atoms with Gasteiger partial charge in [-0.15, -0.1) is 0 Å². The van der Waals surface area contributed by atoms with E-state index in [0.29, 0.717) is 18.8 Å². The van der Waals surface area contributed by atoms with Crippen molar-refractivity contribution in [3.63, 3.8) is 0 Å². The van der Waals surface area contributed by atoms with Gasteiger partial charge < -0.3 is 5.32 Å². The van der Waals surface area contributed by atoms with Crippen LogP contribution in [0.1, 0.15) is 65.7 Å². The third kappa shape index (κ3) is 3.48. The number of nitriles is 1. The first-order chi connectivity index (χ1) is 8.57. The van der Waals surface area contributed by atoms with E-state index in [0.717, 1.165) is 25.7 Å². The molecule has 0 bridgehead atoms. The number of rotatable bonds is 6. The summed E-state index contributed by atoms with van der Waals surface area (Å²) < 4.78 is 0. The highest BCUT2D eigenvalue weighted by atomic mass is 16.2. The fraction of sp³-hybridized carbons (Fsp3) is 0.867. The largest absolute Gasteiger partial charge is 0.352 e. The van der Waals surface area contributed by atoms with Crippen LogP contribution in [0.4, 0.5) is 0 Å². The SMILES string of the molecule is CCCC(C#N)(CCC)C(=O)NC1CCC(C)C1. The Kier molecular flexibility index (Phi) is 5.65. The minimum atomic E-state index is -0.796. The van der Waals surface area contributed by atoms with E-state index < -0.39 is 5.41 Å². The van der Waals surface area contributed by atoms with E-state index >= 15 is 0 Å². The highest BCUT2D eigenvalue weighted by Crippen LogP contribution is 2.31. The summed E-state index contributed by atoms with van der Waals surface area (Å²) in [6.07, 6.45) is 6.41. The monoisotopic (exact) mass is 250 g/mol. The van der Waals surface area contributed by atoms with Crippen LogP contribution in [-0.2, 0) is 4.79 Å². The van der Waals surface area contributed by atoms with Gasteiger partial charge in [0.1, 0.15) is 5.41 Å². The zero-order valence-corrected chi connectivity index (χ0v) is 12.0. The first kappa shape index (κ1) is 15.0. The average Bonchev–Trinajstić information content (AvgIpc) is 2.74. The molecule has 1 saturated carbocycles. The molecule has 3 nitrogen and oxygen atoms in total. The number of amides is 1. The van der Waals surface area contributed by atoms with Gasteiger partial charge in [-0.05, 0) is 38.0 Å². The van der Waals surface area contributed by atoms with Gasteiger partial charge in [0.05, 0.1) is 6.07 Å². The number of hydrogen-bond donors (Lipinski definition) is 1. The maximum Gasteiger partial charge on any atom is 0.240 e. The predicted molar refractivity (Wildman–Crippen MR) is 72.8 cm³/mol. The van der Waals surface area contributed by atoms with Crippen LogP contribution >= 0.6 is 0 Å². The maximum absolute atomic E-state index is 12.4. The number of hydrogen-bond acceptors (Lipinski definition) is 2. The zero-order valence-electron chi connectivity index (χ0n) is 12.0. The predicted octanol–water partition coefficient (Wildman–Crippen LogP) is 3.40. The second-order valence-electron chi connectivity index (χ2n) is 5.78. The van der Waals surface area contributed by atoms with Crippen molar-refractivity contribution in [1.82, 2.24) is 5.32 Å². The molecule has 1 rings (SSSR count). The number of nitrogens with one attached hydrogen (secondary N) is 1. The molecule has 0 heterocycles. The molecule has 0 aromatic heterocycles. The molecule has 102 valence electrons. The number of carbonyl (C=O) groups is 1. The summed E-state index contributed by atoms with van der Waals surface area (Å²) in [7, 11) is 0. The molecule has 1 aliphatic carbocycles. The molecule has 1 N–H and O–H groups in total. The smallest absolute Gasteiger partial charge is 0.240 e. The molecule has 0 spiro atoms. The van der Waals surface area contributed by atoms with Crippen LogP contribution in [-0.4, -0.2) is 11.9 Å². The van der Waals surface area contributed by atoms with Gasteiger partial charge in [0.15, 0.2) is 0 Å². The Morgan fingerprint density at radius 2 is 1.94 bits per heavy atom. The first-order valence-electron chi connectivity index (χ1n) is 7.30. The molecule has 2 atom stereocenters. The van der Waals surface area contributed by atoms with Crippen LogP contribution in [0.25, 0.3) is 0 Å². The van der Waals surface area contributed by atoms with E-state index in [9.17, 15) is 10.1 Å². The van der Waals surface area contributed by atoms with E-state index in [4.69, 9.17) is 0 Å². The van der Waals surface area contributed by atoms with Crippen LogP contribution in [0.15, 0.2) is 0 Å². The van der Waals surface area contributed by atoms with Crippen LogP contribution in [0.2, 0.25) is 0 Å². The van der Waals surface area contributed by atoms with Crippen molar-refractivity contribution in [3.8, 4) is 6.07 Å². The van der Waals surface area contributed by atoms with Crippen molar-refractivity contribution in [2.75, 3.05) is 0 Å². The Morgan fingerprint density at radius 3 is 2.33 bits per heavy atom. The third-order valence-corrected chi connectivity index (χ3v) is 4.03. The van der Waals surface area contributed by atoms with E-state index in [-0.39, 0.29) is 11.9 Å². The van der Waals surface area contributed by atoms with E-state index in [1.54, 1.807) is 0 Å². The van der Waals surface area contributed by atoms with Crippen molar-refractivity contribution < 1.29 is 4.79 Å². The molecule has 0 aliphatic heterocycles. The van der Waals surface area contributed by atoms with Crippen LogP contribution in [0, 0.1) is 22.7 Å². The topological polar surface area (TPSA) is 52.9 Å². The van der Waals surface area contributed by atoms with Crippen molar-refractivity contribution in [2.45, 2.75) is 71.8 Å². The highest BCUT2D eigenvalue weighted by molar-refractivity contribution is 5.85. The summed E-state index contributed by atoms with van der Waals surface area (Å²) in [4.78, 5) is 12.4. The number of carbonyl (C=O) groups excluding carboxylic acids is 1. The fourth-order valence-corrected chi connectivity index (χ4v) is 3.03. The second kappa shape index (κ2) is 6.78. The molecule has 0 aromatic rings. The highest BCUT2D eigenvalue weighted by Gasteiger charge is 2.38. The molecular weight excluding hydrogens is 224 g/mol. The lowest BCUT2D eigenvalue weighted by molar-refractivity contribution is -0.129. The first-order valence-corrected chi connectivity index (χ1v) is 7.30. The Bertz CT molecular complexity index is 313. The summed E-state index contributed by atoms with van der Waals surface area (Å²) in [6.45, 7) is 6.29. The summed E-state index contributed by atoms with van der Waals surface area (Å²) in [5, 5.41) is 12.5. The minimum absolute atomic E-state index is 0.0344. The lowest BCUT2D eigenvalue weighted by Gasteiger charge is -2.26. The summed E-state index contributed by atoms with van der Waals surface area (Å²) in [6, 6.07) is 2.58. The second-order valence-corrected chi connectivity index (χ2v) is 5.78. The molecule has 0 aromatic carbocycles. The van der Waals surface area contributed by atoms with E-state index in [1.807, 2.05) is 13.8 Å². The lowest BCUT2D eigenvalue weighted by Crippen LogP contribution is -2.44. The molecule has 0 radical (unpaired) electrons. The molecule has 1 amide bonds. The van der Waals surface area contributed by atoms with Crippen LogP contribution < -0.4 is 5.32 Å². The van der Waals surface area contributed by atoms with E-state index in [2.05, 4.69) is 18.3 Å². The van der Waals surface area contributed by atoms with Gasteiger partial charge in [0.25, 0.3) is 0 Å². The van der Waals surface area contributed by atoms with Gasteiger partial charge in [-0.2, -0.15) is 5.26 Å². The van der Waals surface area contributed by atoms with Crippen LogP contribution in [0.5, 0.6) is 0 Å². The molecule has 3 heteroatoms. The Morgan fingerprint density at radius 1 is 1.33 bits per heavy atom. The molecule has 1 fully saturated rings. The quantitative estimate of drug-likeness (QED) is 0.785. The molecule has 18 heavy (non-hydrogen) atoms. The van der Waals surface area contributed by atoms with Gasteiger partial charge in [0.2, 0.25) is 5.91 Å². The summed E-state index contributed by atoms with van der Waals surface area (Å²) in [5.74, 6) is 0.664. The zero-order chi connectivity index (χ0) is 13.6. The van der Waals surface area contributed by atoms with Crippen LogP contribution in [0.3, 0.4) is 0 Å². The average molecular weight is 250 g/mol. The third-order valence-electron chi connectivity index (χ3n) is 4.03. The van der Waals surface area contributed by atoms with Gasteiger partial charge in [-0.25, -0.2) is 0 Å². The van der Waals surface area contributed by atoms with Gasteiger partial charge in [0, 0.05) is 6.04 Å². The fourth-order valence-electron chi connectivity index (χ4n) is 3.03. The van der Waals surface area contributed by atoms with Gasteiger partial charge in [-0.3, -0.25) is 4.79 Å². The van der Waals surface area contributed by atoms with Crippen molar-refractivity contribution in [2.24, 2.45) is 11.3 Å². The standard InChI is InChI=1S/C15H26N2O/c1-4-8-15(11-16,9-5-2)14(18)17-13-7-6-12(3)10-13/h12-13H,4-10H2,1-3H3,(H,17,18). The van der Waals surface area contributed by atoms with Crippen molar-refractivity contribution in [3.05, 3.63) is 0 Å². The Labute approximate surface area is 111 Å². The van der Waals surface area contributed by atoms with Gasteiger partial charge in [-0.1, -0.05) is 33.6 Å². The van der Waals surface area contributed by atoms with E-state index in [1.165, 1.54) is 6.42 Å². The lowest BCUT2D eigenvalue weighted by atomic mass is 9.79.